The van der Waals surface area contributed by atoms with Crippen LogP contribution in [0.15, 0.2) is 33.6 Å². The molecule has 22 heavy (non-hydrogen) atoms. The number of morpholine rings is 1. The fourth-order valence-corrected chi connectivity index (χ4v) is 2.82. The number of aryl methyl sites for hydroxylation is 1. The SMILES string of the molecule is Cc1ccccc1-c1noc(=O)n1CCN1CCOC(C)C1. The van der Waals surface area contributed by atoms with Gasteiger partial charge in [0, 0.05) is 31.7 Å². The molecular formula is C16H21N3O3. The van der Waals surface area contributed by atoms with Gasteiger partial charge >= 0.3 is 5.76 Å². The number of benzene rings is 1. The highest BCUT2D eigenvalue weighted by Crippen LogP contribution is 2.20. The summed E-state index contributed by atoms with van der Waals surface area (Å²) in [4.78, 5) is 14.3. The Hall–Kier alpha value is -1.92. The smallest absolute Gasteiger partial charge is 0.376 e. The maximum atomic E-state index is 12.0. The lowest BCUT2D eigenvalue weighted by Crippen LogP contribution is -2.42. The van der Waals surface area contributed by atoms with E-state index in [9.17, 15) is 4.79 Å². The molecule has 0 spiro atoms. The number of hydrogen-bond donors (Lipinski definition) is 0. The predicted molar refractivity (Wildman–Crippen MR) is 82.8 cm³/mol. The third kappa shape index (κ3) is 3.13. The maximum Gasteiger partial charge on any atom is 0.441 e. The van der Waals surface area contributed by atoms with E-state index in [1.54, 1.807) is 4.57 Å². The molecule has 3 rings (SSSR count). The van der Waals surface area contributed by atoms with Crippen LogP contribution in [0.5, 0.6) is 0 Å². The van der Waals surface area contributed by atoms with Crippen molar-refractivity contribution in [3.8, 4) is 11.4 Å². The van der Waals surface area contributed by atoms with Crippen LogP contribution in [-0.2, 0) is 11.3 Å². The van der Waals surface area contributed by atoms with Gasteiger partial charge in [0.05, 0.1) is 12.7 Å². The van der Waals surface area contributed by atoms with Crippen molar-refractivity contribution in [2.45, 2.75) is 26.5 Å². The van der Waals surface area contributed by atoms with Crippen molar-refractivity contribution in [3.63, 3.8) is 0 Å². The summed E-state index contributed by atoms with van der Waals surface area (Å²) in [6.07, 6.45) is 0.240. The Morgan fingerprint density at radius 2 is 2.14 bits per heavy atom. The van der Waals surface area contributed by atoms with Gasteiger partial charge in [-0.3, -0.25) is 14.0 Å². The van der Waals surface area contributed by atoms with E-state index in [0.29, 0.717) is 12.4 Å². The Morgan fingerprint density at radius 3 is 2.91 bits per heavy atom. The second-order valence-electron chi connectivity index (χ2n) is 5.72. The van der Waals surface area contributed by atoms with Crippen molar-refractivity contribution >= 4 is 0 Å². The van der Waals surface area contributed by atoms with Gasteiger partial charge in [0.1, 0.15) is 0 Å². The largest absolute Gasteiger partial charge is 0.441 e. The van der Waals surface area contributed by atoms with Crippen LogP contribution in [0.4, 0.5) is 0 Å². The summed E-state index contributed by atoms with van der Waals surface area (Å²) in [6.45, 7) is 7.94. The van der Waals surface area contributed by atoms with E-state index < -0.39 is 5.76 Å². The number of rotatable bonds is 4. The van der Waals surface area contributed by atoms with E-state index in [0.717, 1.165) is 37.4 Å². The van der Waals surface area contributed by atoms with Crippen molar-refractivity contribution in [1.82, 2.24) is 14.6 Å². The van der Waals surface area contributed by atoms with Gasteiger partial charge in [-0.2, -0.15) is 0 Å². The van der Waals surface area contributed by atoms with Crippen LogP contribution < -0.4 is 5.76 Å². The molecule has 118 valence electrons. The Bertz CT molecular complexity index is 692. The molecule has 1 aliphatic heterocycles. The van der Waals surface area contributed by atoms with Crippen LogP contribution in [-0.4, -0.2) is 47.0 Å². The van der Waals surface area contributed by atoms with Gasteiger partial charge in [-0.15, -0.1) is 0 Å². The minimum atomic E-state index is -0.403. The van der Waals surface area contributed by atoms with Gasteiger partial charge in [-0.05, 0) is 19.4 Å². The molecule has 0 amide bonds. The maximum absolute atomic E-state index is 12.0. The van der Waals surface area contributed by atoms with Crippen molar-refractivity contribution in [2.75, 3.05) is 26.2 Å². The van der Waals surface area contributed by atoms with E-state index in [1.165, 1.54) is 0 Å². The highest BCUT2D eigenvalue weighted by Gasteiger charge is 2.19. The zero-order chi connectivity index (χ0) is 15.5. The van der Waals surface area contributed by atoms with Crippen molar-refractivity contribution in [1.29, 1.82) is 0 Å². The highest BCUT2D eigenvalue weighted by atomic mass is 16.5. The summed E-state index contributed by atoms with van der Waals surface area (Å²) in [7, 11) is 0. The van der Waals surface area contributed by atoms with E-state index in [1.807, 2.05) is 31.2 Å². The number of ether oxygens (including phenoxy) is 1. The summed E-state index contributed by atoms with van der Waals surface area (Å²) in [5.74, 6) is 0.198. The van der Waals surface area contributed by atoms with Crippen molar-refractivity contribution in [2.24, 2.45) is 0 Å². The minimum absolute atomic E-state index is 0.240. The van der Waals surface area contributed by atoms with Crippen LogP contribution in [0.2, 0.25) is 0 Å². The average molecular weight is 303 g/mol. The number of nitrogens with zero attached hydrogens (tertiary/aromatic N) is 3. The van der Waals surface area contributed by atoms with Gasteiger partial charge in [-0.25, -0.2) is 4.79 Å². The van der Waals surface area contributed by atoms with Crippen molar-refractivity contribution < 1.29 is 9.26 Å². The normalized spacial score (nSPS) is 19.5. The standard InChI is InChI=1S/C16H21N3O3/c1-12-5-3-4-6-14(12)15-17-22-16(20)19(15)8-7-18-9-10-21-13(2)11-18/h3-6,13H,7-11H2,1-2H3. The molecule has 1 aromatic heterocycles. The van der Waals surface area contributed by atoms with Gasteiger partial charge in [0.15, 0.2) is 5.82 Å². The fourth-order valence-electron chi connectivity index (χ4n) is 2.82. The molecule has 6 nitrogen and oxygen atoms in total. The van der Waals surface area contributed by atoms with Gasteiger partial charge in [0.2, 0.25) is 0 Å². The van der Waals surface area contributed by atoms with Crippen molar-refractivity contribution in [3.05, 3.63) is 40.4 Å². The Labute approximate surface area is 129 Å². The molecule has 0 bridgehead atoms. The molecule has 2 aromatic rings. The van der Waals surface area contributed by atoms with Gasteiger partial charge in [0.25, 0.3) is 0 Å². The minimum Gasteiger partial charge on any atom is -0.376 e. The van der Waals surface area contributed by atoms with E-state index in [-0.39, 0.29) is 6.10 Å². The topological polar surface area (TPSA) is 60.5 Å². The fraction of sp³-hybridized carbons (Fsp3) is 0.500. The predicted octanol–water partition coefficient (Wildman–Crippen LogP) is 1.53. The van der Waals surface area contributed by atoms with Crippen LogP contribution in [0, 0.1) is 6.92 Å². The molecule has 0 N–H and O–H groups in total. The zero-order valence-corrected chi connectivity index (χ0v) is 13.0. The monoisotopic (exact) mass is 303 g/mol. The first-order valence-electron chi connectivity index (χ1n) is 7.61. The number of hydrogen-bond acceptors (Lipinski definition) is 5. The Morgan fingerprint density at radius 1 is 1.32 bits per heavy atom. The highest BCUT2D eigenvalue weighted by molar-refractivity contribution is 5.59. The summed E-state index contributed by atoms with van der Waals surface area (Å²) >= 11 is 0. The lowest BCUT2D eigenvalue weighted by Gasteiger charge is -2.30. The van der Waals surface area contributed by atoms with E-state index in [2.05, 4.69) is 17.0 Å². The molecular weight excluding hydrogens is 282 g/mol. The lowest BCUT2D eigenvalue weighted by atomic mass is 10.1. The molecule has 1 saturated heterocycles. The van der Waals surface area contributed by atoms with Crippen LogP contribution in [0.25, 0.3) is 11.4 Å². The summed E-state index contributed by atoms with van der Waals surface area (Å²) < 4.78 is 12.0. The van der Waals surface area contributed by atoms with Crippen LogP contribution in [0.1, 0.15) is 12.5 Å². The third-order valence-electron chi connectivity index (χ3n) is 4.04. The quantitative estimate of drug-likeness (QED) is 0.857. The molecule has 0 radical (unpaired) electrons. The van der Waals surface area contributed by atoms with Crippen LogP contribution >= 0.6 is 0 Å². The molecule has 1 aromatic carbocycles. The first-order chi connectivity index (χ1) is 10.6. The van der Waals surface area contributed by atoms with Gasteiger partial charge in [-0.1, -0.05) is 29.4 Å². The number of aromatic nitrogens is 2. The van der Waals surface area contributed by atoms with Gasteiger partial charge < -0.3 is 4.74 Å². The van der Waals surface area contributed by atoms with E-state index in [4.69, 9.17) is 9.26 Å². The lowest BCUT2D eigenvalue weighted by molar-refractivity contribution is -0.0192. The molecule has 1 atom stereocenters. The Kier molecular flexibility index (Phi) is 4.40. The molecule has 1 unspecified atom stereocenters. The molecule has 1 fully saturated rings. The average Bonchev–Trinajstić information content (AvgIpc) is 2.87. The molecule has 0 saturated carbocycles. The molecule has 1 aliphatic rings. The first-order valence-corrected chi connectivity index (χ1v) is 7.61. The summed E-state index contributed by atoms with van der Waals surface area (Å²) in [5, 5.41) is 3.96. The molecule has 0 aliphatic carbocycles. The van der Waals surface area contributed by atoms with E-state index >= 15 is 0 Å². The second kappa shape index (κ2) is 6.46. The molecule has 2 heterocycles. The molecule has 6 heteroatoms. The summed E-state index contributed by atoms with van der Waals surface area (Å²) in [5.41, 5.74) is 2.01. The van der Waals surface area contributed by atoms with Crippen LogP contribution in [0.3, 0.4) is 0 Å². The first kappa shape index (κ1) is 15.0. The summed E-state index contributed by atoms with van der Waals surface area (Å²) in [6, 6.07) is 7.87. The third-order valence-corrected chi connectivity index (χ3v) is 4.04. The zero-order valence-electron chi connectivity index (χ0n) is 13.0. The second-order valence-corrected chi connectivity index (χ2v) is 5.72. The Balaban J connectivity index is 1.78.